The number of para-hydroxylation sites is 1. The Morgan fingerprint density at radius 1 is 0.960 bits per heavy atom. The van der Waals surface area contributed by atoms with Gasteiger partial charge in [-0.1, -0.05) is 29.8 Å². The second-order valence-corrected chi connectivity index (χ2v) is 10.8. The highest BCUT2D eigenvalue weighted by atomic mass is 32.2. The molecule has 0 bridgehead atoms. The van der Waals surface area contributed by atoms with Gasteiger partial charge >= 0.3 is 0 Å². The number of anilines is 1. The Morgan fingerprint density at radius 2 is 1.64 bits per heavy atom. The Morgan fingerprint density at radius 3 is 2.32 bits per heavy atom. The molecule has 1 aromatic heterocycles. The quantitative estimate of drug-likeness (QED) is 0.730. The molecule has 0 aliphatic carbocycles. The van der Waals surface area contributed by atoms with Crippen LogP contribution >= 0.6 is 11.3 Å². The maximum atomic E-state index is 12.9. The number of sulfone groups is 1. The van der Waals surface area contributed by atoms with Crippen molar-refractivity contribution in [2.75, 3.05) is 11.0 Å². The summed E-state index contributed by atoms with van der Waals surface area (Å²) in [5.74, 6) is 0. The Labute approximate surface area is 151 Å². The van der Waals surface area contributed by atoms with E-state index < -0.39 is 19.9 Å². The highest BCUT2D eigenvalue weighted by Gasteiger charge is 2.24. The van der Waals surface area contributed by atoms with Crippen molar-refractivity contribution in [2.45, 2.75) is 23.0 Å². The second-order valence-electron chi connectivity index (χ2n) is 5.89. The maximum absolute atomic E-state index is 12.9. The van der Waals surface area contributed by atoms with Crippen LogP contribution in [-0.2, 0) is 19.9 Å². The van der Waals surface area contributed by atoms with Crippen molar-refractivity contribution in [1.29, 1.82) is 0 Å². The van der Waals surface area contributed by atoms with Crippen LogP contribution in [0.4, 0.5) is 5.69 Å². The van der Waals surface area contributed by atoms with E-state index in [0.717, 1.165) is 21.9 Å². The van der Waals surface area contributed by atoms with E-state index in [0.29, 0.717) is 5.56 Å². The Balaban J connectivity index is 2.12. The van der Waals surface area contributed by atoms with Gasteiger partial charge < -0.3 is 0 Å². The van der Waals surface area contributed by atoms with Gasteiger partial charge in [-0.15, -0.1) is 11.3 Å². The van der Waals surface area contributed by atoms with Gasteiger partial charge in [0.05, 0.1) is 10.6 Å². The maximum Gasteiger partial charge on any atom is 0.271 e. The summed E-state index contributed by atoms with van der Waals surface area (Å²) >= 11 is 1.17. The summed E-state index contributed by atoms with van der Waals surface area (Å²) in [4.78, 5) is -0.0480. The molecular formula is C17H17NO4S3. The lowest BCUT2D eigenvalue weighted by Crippen LogP contribution is -2.15. The number of rotatable bonds is 4. The predicted molar refractivity (Wildman–Crippen MR) is 102 cm³/mol. The number of thiophene rings is 1. The van der Waals surface area contributed by atoms with E-state index in [1.807, 2.05) is 25.1 Å². The molecule has 8 heteroatoms. The molecule has 0 saturated heterocycles. The monoisotopic (exact) mass is 395 g/mol. The molecule has 0 amide bonds. The summed E-state index contributed by atoms with van der Waals surface area (Å²) in [6.45, 7) is 3.71. The summed E-state index contributed by atoms with van der Waals surface area (Å²) in [6.07, 6.45) is 1.05. The second kappa shape index (κ2) is 6.12. The first-order chi connectivity index (χ1) is 11.6. The molecule has 3 rings (SSSR count). The fraction of sp³-hybridized carbons (Fsp3) is 0.176. The molecule has 1 N–H and O–H groups in total. The normalized spacial score (nSPS) is 12.4. The van der Waals surface area contributed by atoms with Gasteiger partial charge in [0.25, 0.3) is 10.0 Å². The molecular weight excluding hydrogens is 378 g/mol. The number of hydrogen-bond acceptors (Lipinski definition) is 5. The third-order valence-corrected chi connectivity index (χ3v) is 8.24. The van der Waals surface area contributed by atoms with Gasteiger partial charge in [-0.3, -0.25) is 4.72 Å². The largest absolute Gasteiger partial charge is 0.278 e. The molecule has 5 nitrogen and oxygen atoms in total. The first-order valence-electron chi connectivity index (χ1n) is 7.41. The summed E-state index contributed by atoms with van der Waals surface area (Å²) in [5.41, 5.74) is 1.76. The molecule has 25 heavy (non-hydrogen) atoms. The molecule has 0 fully saturated rings. The standard InChI is InChI=1S/C17H17NO4S3/c1-11-8-9-15-13(10-11)12(2)17(23-15)25(21,22)18-14-6-4-5-7-16(14)24(3,19)20/h4-10,18H,1-3H3. The molecule has 0 aliphatic heterocycles. The van der Waals surface area contributed by atoms with Crippen LogP contribution in [0.5, 0.6) is 0 Å². The molecule has 0 aliphatic rings. The van der Waals surface area contributed by atoms with Crippen LogP contribution in [0.15, 0.2) is 51.6 Å². The fourth-order valence-corrected chi connectivity index (χ4v) is 6.37. The number of benzene rings is 2. The molecule has 132 valence electrons. The SMILES string of the molecule is Cc1ccc2sc(S(=O)(=O)Nc3ccccc3S(C)(=O)=O)c(C)c2c1. The van der Waals surface area contributed by atoms with Crippen molar-refractivity contribution in [3.63, 3.8) is 0 Å². The summed E-state index contributed by atoms with van der Waals surface area (Å²) < 4.78 is 53.0. The zero-order valence-corrected chi connectivity index (χ0v) is 16.3. The minimum Gasteiger partial charge on any atom is -0.278 e. The Kier molecular flexibility index (Phi) is 4.38. The zero-order chi connectivity index (χ0) is 18.4. The highest BCUT2D eigenvalue weighted by Crippen LogP contribution is 2.36. The van der Waals surface area contributed by atoms with Gasteiger partial charge in [-0.2, -0.15) is 0 Å². The lowest BCUT2D eigenvalue weighted by Gasteiger charge is -2.11. The van der Waals surface area contributed by atoms with Crippen LogP contribution < -0.4 is 4.72 Å². The highest BCUT2D eigenvalue weighted by molar-refractivity contribution is 7.95. The summed E-state index contributed by atoms with van der Waals surface area (Å²) in [7, 11) is -7.45. The number of fused-ring (bicyclic) bond motifs is 1. The van der Waals surface area contributed by atoms with Crippen LogP contribution in [0.3, 0.4) is 0 Å². The smallest absolute Gasteiger partial charge is 0.271 e. The third-order valence-electron chi connectivity index (χ3n) is 3.82. The number of hydrogen-bond donors (Lipinski definition) is 1. The van der Waals surface area contributed by atoms with E-state index in [9.17, 15) is 16.8 Å². The van der Waals surface area contributed by atoms with Crippen molar-refractivity contribution in [1.82, 2.24) is 0 Å². The van der Waals surface area contributed by atoms with Crippen molar-refractivity contribution in [2.24, 2.45) is 0 Å². The number of sulfonamides is 1. The number of aryl methyl sites for hydroxylation is 2. The van der Waals surface area contributed by atoms with Crippen LogP contribution in [0, 0.1) is 13.8 Å². The average molecular weight is 396 g/mol. The molecule has 0 unspecified atom stereocenters. The minimum absolute atomic E-state index is 0.0480. The molecule has 3 aromatic rings. The van der Waals surface area contributed by atoms with Crippen molar-refractivity contribution in [3.05, 3.63) is 53.6 Å². The molecule has 0 saturated carbocycles. The molecule has 0 spiro atoms. The van der Waals surface area contributed by atoms with E-state index in [1.54, 1.807) is 19.1 Å². The van der Waals surface area contributed by atoms with Crippen molar-refractivity contribution in [3.8, 4) is 0 Å². The average Bonchev–Trinajstić information content (AvgIpc) is 2.84. The molecule has 1 heterocycles. The third kappa shape index (κ3) is 3.42. The summed E-state index contributed by atoms with van der Waals surface area (Å²) in [6, 6.07) is 11.8. The van der Waals surface area contributed by atoms with E-state index in [4.69, 9.17) is 0 Å². The molecule has 2 aromatic carbocycles. The van der Waals surface area contributed by atoms with Crippen LogP contribution in [0.1, 0.15) is 11.1 Å². The lowest BCUT2D eigenvalue weighted by atomic mass is 10.1. The predicted octanol–water partition coefficient (Wildman–Crippen LogP) is 3.72. The van der Waals surface area contributed by atoms with Gasteiger partial charge in [-0.25, -0.2) is 16.8 Å². The van der Waals surface area contributed by atoms with E-state index in [1.165, 1.54) is 23.5 Å². The zero-order valence-electron chi connectivity index (χ0n) is 13.9. The first kappa shape index (κ1) is 17.9. The van der Waals surface area contributed by atoms with Crippen molar-refractivity contribution >= 4 is 47.0 Å². The van der Waals surface area contributed by atoms with E-state index in [2.05, 4.69) is 4.72 Å². The number of nitrogens with one attached hydrogen (secondary N) is 1. The minimum atomic E-state index is -3.90. The van der Waals surface area contributed by atoms with Gasteiger partial charge in [-0.05, 0) is 43.0 Å². The topological polar surface area (TPSA) is 80.3 Å². The van der Waals surface area contributed by atoms with Crippen LogP contribution in [-0.4, -0.2) is 23.1 Å². The molecule has 0 atom stereocenters. The molecule has 0 radical (unpaired) electrons. The van der Waals surface area contributed by atoms with E-state index in [-0.39, 0.29) is 14.8 Å². The van der Waals surface area contributed by atoms with Crippen LogP contribution in [0.2, 0.25) is 0 Å². The van der Waals surface area contributed by atoms with Crippen LogP contribution in [0.25, 0.3) is 10.1 Å². The lowest BCUT2D eigenvalue weighted by molar-refractivity contribution is 0.602. The van der Waals surface area contributed by atoms with Gasteiger partial charge in [0.15, 0.2) is 9.84 Å². The van der Waals surface area contributed by atoms with Gasteiger partial charge in [0.1, 0.15) is 4.21 Å². The van der Waals surface area contributed by atoms with Gasteiger partial charge in [0.2, 0.25) is 0 Å². The van der Waals surface area contributed by atoms with E-state index >= 15 is 0 Å². The Hall–Kier alpha value is -1.90. The van der Waals surface area contributed by atoms with Crippen molar-refractivity contribution < 1.29 is 16.8 Å². The summed E-state index contributed by atoms with van der Waals surface area (Å²) in [5, 5.41) is 0.891. The fourth-order valence-electron chi connectivity index (χ4n) is 2.63. The van der Waals surface area contributed by atoms with Gasteiger partial charge in [0, 0.05) is 11.0 Å². The first-order valence-corrected chi connectivity index (χ1v) is 11.6. The Bertz CT molecular complexity index is 1180.